The molecule has 2 saturated carbocycles. The Labute approximate surface area is 146 Å². The number of carboxylic acid groups (broad SMARTS) is 3. The molecule has 144 valence electrons. The summed E-state index contributed by atoms with van der Waals surface area (Å²) in [5.74, 6) is -4.37. The molecular weight excluding hydrogens is 332 g/mol. The van der Waals surface area contributed by atoms with Gasteiger partial charge < -0.3 is 31.9 Å². The van der Waals surface area contributed by atoms with Crippen molar-refractivity contribution in [3.8, 4) is 0 Å². The highest BCUT2D eigenvalue weighted by Gasteiger charge is 2.63. The van der Waals surface area contributed by atoms with E-state index in [0.29, 0.717) is 11.3 Å². The second-order valence-corrected chi connectivity index (χ2v) is 7.87. The van der Waals surface area contributed by atoms with Crippen LogP contribution in [0.15, 0.2) is 0 Å². The van der Waals surface area contributed by atoms with Crippen molar-refractivity contribution in [2.45, 2.75) is 64.1 Å². The number of hydrogen-bond acceptors (Lipinski definition) is 6. The third kappa shape index (κ3) is 3.78. The lowest BCUT2D eigenvalue weighted by molar-refractivity contribution is -0.170. The molecule has 0 aliphatic heterocycles. The van der Waals surface area contributed by atoms with Gasteiger partial charge >= 0.3 is 17.9 Å². The zero-order valence-electron chi connectivity index (χ0n) is 14.7. The Morgan fingerprint density at radius 3 is 1.68 bits per heavy atom. The van der Waals surface area contributed by atoms with E-state index in [-0.39, 0.29) is 17.5 Å². The molecule has 4 unspecified atom stereocenters. The fraction of sp³-hybridized carbons (Fsp3) is 0.812. The maximum absolute atomic E-state index is 10.3. The monoisotopic (exact) mass is 360 g/mol. The Hall–Kier alpha value is -1.71. The van der Waals surface area contributed by atoms with E-state index >= 15 is 0 Å². The number of nitrogens with two attached hydrogens (primary N) is 2. The van der Waals surface area contributed by atoms with Crippen molar-refractivity contribution < 1.29 is 34.8 Å². The molecule has 9 nitrogen and oxygen atoms in total. The minimum Gasteiger partial charge on any atom is -0.481 e. The lowest BCUT2D eigenvalue weighted by Crippen LogP contribution is -2.50. The van der Waals surface area contributed by atoms with E-state index in [4.69, 9.17) is 31.9 Å². The van der Waals surface area contributed by atoms with Crippen LogP contribution in [0.2, 0.25) is 0 Å². The zero-order valence-corrected chi connectivity index (χ0v) is 14.7. The molecule has 0 aromatic carbocycles. The molecule has 2 aliphatic carbocycles. The molecule has 2 rings (SSSR count). The number of fused-ring (bicyclic) bond motifs is 2. The molecule has 0 aromatic rings. The lowest BCUT2D eigenvalue weighted by atomic mass is 9.69. The molecular formula is C16H28N2O7. The smallest absolute Gasteiger partial charge is 0.336 e. The second-order valence-electron chi connectivity index (χ2n) is 7.87. The van der Waals surface area contributed by atoms with Crippen LogP contribution in [0, 0.1) is 16.7 Å². The van der Waals surface area contributed by atoms with Crippen LogP contribution < -0.4 is 11.5 Å². The van der Waals surface area contributed by atoms with Crippen LogP contribution >= 0.6 is 0 Å². The first-order valence-corrected chi connectivity index (χ1v) is 8.09. The Kier molecular flexibility index (Phi) is 5.88. The van der Waals surface area contributed by atoms with Crippen LogP contribution in [0.4, 0.5) is 0 Å². The SMILES string of the molecule is CC1(C)C2CCC1(C)C(N)C2N.O=C(O)CC(O)(CC(=O)O)C(=O)O. The van der Waals surface area contributed by atoms with Gasteiger partial charge in [0.05, 0.1) is 12.8 Å². The van der Waals surface area contributed by atoms with E-state index in [9.17, 15) is 14.4 Å². The van der Waals surface area contributed by atoms with E-state index in [0.717, 1.165) is 0 Å². The van der Waals surface area contributed by atoms with E-state index in [1.807, 2.05) is 0 Å². The molecule has 4 atom stereocenters. The quantitative estimate of drug-likeness (QED) is 0.388. The number of carbonyl (C=O) groups is 3. The third-order valence-corrected chi connectivity index (χ3v) is 6.27. The predicted molar refractivity (Wildman–Crippen MR) is 87.7 cm³/mol. The average molecular weight is 360 g/mol. The van der Waals surface area contributed by atoms with Crippen molar-refractivity contribution >= 4 is 17.9 Å². The first kappa shape index (κ1) is 21.3. The molecule has 0 amide bonds. The standard InChI is InChI=1S/C10H20N2.C6H8O7/c1-9(2)6-4-5-10(9,3)8(12)7(6)11;7-3(8)1-6(13,5(11)12)2-4(9)10/h6-8H,4-5,11-12H2,1-3H3;13H,1-2H2,(H,7,8)(H,9,10)(H,11,12). The summed E-state index contributed by atoms with van der Waals surface area (Å²) in [5, 5.41) is 33.8. The Balaban J connectivity index is 0.000000250. The largest absolute Gasteiger partial charge is 0.481 e. The third-order valence-electron chi connectivity index (χ3n) is 6.27. The van der Waals surface area contributed by atoms with Gasteiger partial charge in [-0.05, 0) is 29.6 Å². The van der Waals surface area contributed by atoms with Crippen LogP contribution in [0.3, 0.4) is 0 Å². The van der Waals surface area contributed by atoms with Gasteiger partial charge in [0.25, 0.3) is 0 Å². The first-order valence-electron chi connectivity index (χ1n) is 8.09. The molecule has 2 bridgehead atoms. The molecule has 0 heterocycles. The molecule has 2 aliphatic rings. The summed E-state index contributed by atoms with van der Waals surface area (Å²) in [6, 6.07) is 0.449. The number of rotatable bonds is 5. The Bertz CT molecular complexity index is 547. The van der Waals surface area contributed by atoms with Crippen LogP contribution in [0.1, 0.15) is 46.5 Å². The summed E-state index contributed by atoms with van der Waals surface area (Å²) in [7, 11) is 0. The van der Waals surface area contributed by atoms with Crippen molar-refractivity contribution in [3.05, 3.63) is 0 Å². The van der Waals surface area contributed by atoms with Crippen LogP contribution in [0.5, 0.6) is 0 Å². The molecule has 0 spiro atoms. The number of hydrogen-bond donors (Lipinski definition) is 6. The highest BCUT2D eigenvalue weighted by molar-refractivity contribution is 5.88. The van der Waals surface area contributed by atoms with Gasteiger partial charge in [0.1, 0.15) is 0 Å². The Morgan fingerprint density at radius 1 is 1.04 bits per heavy atom. The number of carboxylic acids is 3. The van der Waals surface area contributed by atoms with E-state index < -0.39 is 36.4 Å². The van der Waals surface area contributed by atoms with Gasteiger partial charge in [-0.25, -0.2) is 4.79 Å². The maximum Gasteiger partial charge on any atom is 0.336 e. The fourth-order valence-corrected chi connectivity index (χ4v) is 4.22. The summed E-state index contributed by atoms with van der Waals surface area (Å²) in [4.78, 5) is 30.5. The summed E-state index contributed by atoms with van der Waals surface area (Å²) in [6.07, 6.45) is 0.251. The highest BCUT2D eigenvalue weighted by Crippen LogP contribution is 2.64. The Morgan fingerprint density at radius 2 is 1.48 bits per heavy atom. The van der Waals surface area contributed by atoms with Crippen molar-refractivity contribution in [2.24, 2.45) is 28.2 Å². The summed E-state index contributed by atoms with van der Waals surface area (Å²) >= 11 is 0. The van der Waals surface area contributed by atoms with Crippen molar-refractivity contribution in [1.82, 2.24) is 0 Å². The minimum atomic E-state index is -2.74. The lowest BCUT2D eigenvalue weighted by Gasteiger charge is -2.37. The molecule has 0 saturated heterocycles. The highest BCUT2D eigenvalue weighted by atomic mass is 16.4. The normalized spacial score (nSPS) is 32.6. The molecule has 9 heteroatoms. The van der Waals surface area contributed by atoms with Crippen molar-refractivity contribution in [3.63, 3.8) is 0 Å². The van der Waals surface area contributed by atoms with Crippen LogP contribution in [-0.2, 0) is 14.4 Å². The van der Waals surface area contributed by atoms with E-state index in [1.165, 1.54) is 12.8 Å². The summed E-state index contributed by atoms with van der Waals surface area (Å²) in [6.45, 7) is 6.97. The van der Waals surface area contributed by atoms with Crippen molar-refractivity contribution in [1.29, 1.82) is 0 Å². The summed E-state index contributed by atoms with van der Waals surface area (Å²) < 4.78 is 0. The number of aliphatic hydroxyl groups is 1. The minimum absolute atomic E-state index is 0.214. The van der Waals surface area contributed by atoms with Crippen molar-refractivity contribution in [2.75, 3.05) is 0 Å². The average Bonchev–Trinajstić information content (AvgIpc) is 2.72. The van der Waals surface area contributed by atoms with Crippen LogP contribution in [0.25, 0.3) is 0 Å². The predicted octanol–water partition coefficient (Wildman–Crippen LogP) is -0.151. The number of aliphatic carboxylic acids is 3. The molecule has 8 N–H and O–H groups in total. The van der Waals surface area contributed by atoms with E-state index in [1.54, 1.807) is 0 Å². The van der Waals surface area contributed by atoms with Gasteiger partial charge in [-0.3, -0.25) is 9.59 Å². The van der Waals surface area contributed by atoms with Crippen LogP contribution in [-0.4, -0.2) is 56.0 Å². The first-order chi connectivity index (χ1) is 11.2. The van der Waals surface area contributed by atoms with Gasteiger partial charge in [0.2, 0.25) is 0 Å². The molecule has 0 radical (unpaired) electrons. The fourth-order valence-electron chi connectivity index (χ4n) is 4.22. The topological polar surface area (TPSA) is 184 Å². The van der Waals surface area contributed by atoms with Gasteiger partial charge in [-0.15, -0.1) is 0 Å². The molecule has 2 fully saturated rings. The van der Waals surface area contributed by atoms with Gasteiger partial charge in [-0.1, -0.05) is 20.8 Å². The molecule has 25 heavy (non-hydrogen) atoms. The van der Waals surface area contributed by atoms with Gasteiger partial charge in [0.15, 0.2) is 5.60 Å². The van der Waals surface area contributed by atoms with E-state index in [2.05, 4.69) is 20.8 Å². The second kappa shape index (κ2) is 6.89. The van der Waals surface area contributed by atoms with Gasteiger partial charge in [-0.2, -0.15) is 0 Å². The van der Waals surface area contributed by atoms with Gasteiger partial charge in [0, 0.05) is 12.1 Å². The zero-order chi connectivity index (χ0) is 19.8. The maximum atomic E-state index is 10.3. The summed E-state index contributed by atoms with van der Waals surface area (Å²) in [5.41, 5.74) is 10.2. The molecule has 0 aromatic heterocycles.